The second-order valence-electron chi connectivity index (χ2n) is 8.81. The maximum Gasteiger partial charge on any atom is 0.163 e. The first kappa shape index (κ1) is 15.1. The molecule has 0 amide bonds. The van der Waals surface area contributed by atoms with Crippen molar-refractivity contribution in [3.05, 3.63) is 35.5 Å². The van der Waals surface area contributed by atoms with Gasteiger partial charge in [-0.05, 0) is 65.7 Å². The number of fused-ring (bicyclic) bond motifs is 4. The van der Waals surface area contributed by atoms with Crippen molar-refractivity contribution in [2.45, 2.75) is 52.9 Å². The lowest BCUT2D eigenvalue weighted by atomic mass is 9.48. The standard InChI is InChI=1S/C21H26O2/c1-20(2)9-4-10-21(3)16-12-15-14(17(22)6-7-18(15)23)11-13(16)5-8-19(20)21/h6-7,11-12,14-15,19H,4-5,8-10H2,1-3H3/t14?,15?,19-,21+/m0/s1. The summed E-state index contributed by atoms with van der Waals surface area (Å²) in [6.07, 6.45) is 13.3. The van der Waals surface area contributed by atoms with Gasteiger partial charge < -0.3 is 0 Å². The van der Waals surface area contributed by atoms with Gasteiger partial charge >= 0.3 is 0 Å². The highest BCUT2D eigenvalue weighted by atomic mass is 16.1. The Labute approximate surface area is 138 Å². The van der Waals surface area contributed by atoms with Crippen molar-refractivity contribution in [3.8, 4) is 0 Å². The fourth-order valence-electron chi connectivity index (χ4n) is 5.93. The van der Waals surface area contributed by atoms with Gasteiger partial charge in [0.2, 0.25) is 0 Å². The van der Waals surface area contributed by atoms with Crippen LogP contribution in [0, 0.1) is 28.6 Å². The summed E-state index contributed by atoms with van der Waals surface area (Å²) in [6.45, 7) is 7.23. The molecule has 2 saturated carbocycles. The van der Waals surface area contributed by atoms with Crippen molar-refractivity contribution in [2.75, 3.05) is 0 Å². The Morgan fingerprint density at radius 2 is 1.61 bits per heavy atom. The Morgan fingerprint density at radius 3 is 2.30 bits per heavy atom. The summed E-state index contributed by atoms with van der Waals surface area (Å²) in [5.41, 5.74) is 3.27. The average Bonchev–Trinajstić information content (AvgIpc) is 2.49. The molecule has 0 aromatic carbocycles. The van der Waals surface area contributed by atoms with Crippen LogP contribution in [0.2, 0.25) is 0 Å². The van der Waals surface area contributed by atoms with Crippen LogP contribution in [0.5, 0.6) is 0 Å². The monoisotopic (exact) mass is 310 g/mol. The topological polar surface area (TPSA) is 34.1 Å². The SMILES string of the molecule is CC1(C)CCC[C@]2(C)C3=CC4C(=O)C=CC(=O)C4C=C3CC[C@@H]12. The summed E-state index contributed by atoms with van der Waals surface area (Å²) in [5, 5.41) is 0. The normalized spacial score (nSPS) is 41.4. The molecule has 0 heterocycles. The van der Waals surface area contributed by atoms with Crippen molar-refractivity contribution in [2.24, 2.45) is 28.6 Å². The van der Waals surface area contributed by atoms with E-state index in [1.165, 1.54) is 49.0 Å². The molecule has 0 radical (unpaired) electrons. The maximum absolute atomic E-state index is 12.3. The predicted octanol–water partition coefficient (Wildman–Crippen LogP) is 4.42. The van der Waals surface area contributed by atoms with Crippen LogP contribution in [0.4, 0.5) is 0 Å². The second-order valence-corrected chi connectivity index (χ2v) is 8.81. The molecular weight excluding hydrogens is 284 g/mol. The van der Waals surface area contributed by atoms with E-state index in [0.29, 0.717) is 11.3 Å². The Hall–Kier alpha value is -1.44. The van der Waals surface area contributed by atoms with Gasteiger partial charge in [-0.1, -0.05) is 39.3 Å². The van der Waals surface area contributed by atoms with Crippen LogP contribution in [-0.4, -0.2) is 11.6 Å². The van der Waals surface area contributed by atoms with Crippen LogP contribution in [0.1, 0.15) is 52.9 Å². The summed E-state index contributed by atoms with van der Waals surface area (Å²) < 4.78 is 0. The summed E-state index contributed by atoms with van der Waals surface area (Å²) in [5.74, 6) is 0.357. The molecule has 0 spiro atoms. The van der Waals surface area contributed by atoms with Crippen molar-refractivity contribution in [3.63, 3.8) is 0 Å². The predicted molar refractivity (Wildman–Crippen MR) is 90.8 cm³/mol. The smallest absolute Gasteiger partial charge is 0.163 e. The van der Waals surface area contributed by atoms with Gasteiger partial charge in [0.1, 0.15) is 0 Å². The fraction of sp³-hybridized carbons (Fsp3) is 0.619. The van der Waals surface area contributed by atoms with E-state index in [2.05, 4.69) is 32.9 Å². The molecule has 0 N–H and O–H groups in total. The van der Waals surface area contributed by atoms with Crippen LogP contribution >= 0.6 is 0 Å². The third kappa shape index (κ3) is 2.07. The number of hydrogen-bond acceptors (Lipinski definition) is 2. The quantitative estimate of drug-likeness (QED) is 0.663. The molecule has 2 nitrogen and oxygen atoms in total. The molecule has 0 bridgehead atoms. The van der Waals surface area contributed by atoms with E-state index in [1.54, 1.807) is 0 Å². The van der Waals surface area contributed by atoms with Crippen LogP contribution in [0.15, 0.2) is 35.5 Å². The molecule has 0 aromatic rings. The van der Waals surface area contributed by atoms with Crippen LogP contribution < -0.4 is 0 Å². The zero-order valence-corrected chi connectivity index (χ0v) is 14.4. The lowest BCUT2D eigenvalue weighted by Gasteiger charge is -2.56. The molecule has 4 atom stereocenters. The van der Waals surface area contributed by atoms with Crippen molar-refractivity contribution in [1.29, 1.82) is 0 Å². The molecule has 0 aromatic heterocycles. The zero-order chi connectivity index (χ0) is 16.4. The molecule has 4 rings (SSSR count). The lowest BCUT2D eigenvalue weighted by Crippen LogP contribution is -2.47. The number of allylic oxidation sites excluding steroid dienone is 6. The minimum Gasteiger partial charge on any atom is -0.294 e. The van der Waals surface area contributed by atoms with Gasteiger partial charge in [-0.15, -0.1) is 0 Å². The van der Waals surface area contributed by atoms with Crippen molar-refractivity contribution in [1.82, 2.24) is 0 Å². The van der Waals surface area contributed by atoms with Crippen LogP contribution in [-0.2, 0) is 9.59 Å². The summed E-state index contributed by atoms with van der Waals surface area (Å²) in [7, 11) is 0. The van der Waals surface area contributed by atoms with E-state index in [4.69, 9.17) is 0 Å². The Balaban J connectivity index is 1.80. The average molecular weight is 310 g/mol. The van der Waals surface area contributed by atoms with Gasteiger partial charge in [0.15, 0.2) is 11.6 Å². The first-order valence-electron chi connectivity index (χ1n) is 9.02. The number of hydrogen-bond donors (Lipinski definition) is 0. The molecular formula is C21H26O2. The van der Waals surface area contributed by atoms with Crippen molar-refractivity contribution < 1.29 is 9.59 Å². The molecule has 122 valence electrons. The van der Waals surface area contributed by atoms with Gasteiger partial charge in [0.05, 0.1) is 11.8 Å². The van der Waals surface area contributed by atoms with Gasteiger partial charge in [-0.25, -0.2) is 0 Å². The highest BCUT2D eigenvalue weighted by Gasteiger charge is 2.52. The highest BCUT2D eigenvalue weighted by molar-refractivity contribution is 6.09. The zero-order valence-electron chi connectivity index (χ0n) is 14.4. The molecule has 2 fully saturated rings. The minimum atomic E-state index is -0.258. The van der Waals surface area contributed by atoms with E-state index in [1.807, 2.05) is 0 Å². The molecule has 23 heavy (non-hydrogen) atoms. The van der Waals surface area contributed by atoms with Crippen LogP contribution in [0.25, 0.3) is 0 Å². The summed E-state index contributed by atoms with van der Waals surface area (Å²) >= 11 is 0. The minimum absolute atomic E-state index is 0.0913. The van der Waals surface area contributed by atoms with Gasteiger partial charge in [-0.3, -0.25) is 9.59 Å². The van der Waals surface area contributed by atoms with Gasteiger partial charge in [-0.2, -0.15) is 0 Å². The van der Waals surface area contributed by atoms with E-state index in [0.717, 1.165) is 6.42 Å². The number of carbonyl (C=O) groups excluding carboxylic acids is 2. The molecule has 2 unspecified atom stereocenters. The first-order chi connectivity index (χ1) is 10.8. The van der Waals surface area contributed by atoms with Crippen molar-refractivity contribution >= 4 is 11.6 Å². The molecule has 4 aliphatic carbocycles. The summed E-state index contributed by atoms with van der Waals surface area (Å²) in [6, 6.07) is 0. The van der Waals surface area contributed by atoms with E-state index < -0.39 is 0 Å². The Morgan fingerprint density at radius 1 is 0.957 bits per heavy atom. The lowest BCUT2D eigenvalue weighted by molar-refractivity contribution is -0.126. The molecule has 4 aliphatic rings. The van der Waals surface area contributed by atoms with Gasteiger partial charge in [0.25, 0.3) is 0 Å². The highest BCUT2D eigenvalue weighted by Crippen LogP contribution is 2.62. The Kier molecular flexibility index (Phi) is 3.14. The largest absolute Gasteiger partial charge is 0.294 e. The van der Waals surface area contributed by atoms with E-state index >= 15 is 0 Å². The van der Waals surface area contributed by atoms with E-state index in [9.17, 15) is 9.59 Å². The van der Waals surface area contributed by atoms with Gasteiger partial charge in [0, 0.05) is 0 Å². The molecule has 0 aliphatic heterocycles. The number of ketones is 2. The third-order valence-corrected chi connectivity index (χ3v) is 7.08. The number of carbonyl (C=O) groups is 2. The maximum atomic E-state index is 12.3. The Bertz CT molecular complexity index is 676. The first-order valence-corrected chi connectivity index (χ1v) is 9.02. The molecule has 2 heteroatoms. The second kappa shape index (κ2) is 4.78. The van der Waals surface area contributed by atoms with E-state index in [-0.39, 0.29) is 28.8 Å². The summed E-state index contributed by atoms with van der Waals surface area (Å²) in [4.78, 5) is 24.5. The molecule has 0 saturated heterocycles. The third-order valence-electron chi connectivity index (χ3n) is 7.08. The number of rotatable bonds is 0. The fourth-order valence-corrected chi connectivity index (χ4v) is 5.93. The van der Waals surface area contributed by atoms with Crippen LogP contribution in [0.3, 0.4) is 0 Å².